The fourth-order valence-corrected chi connectivity index (χ4v) is 2.75. The van der Waals surface area contributed by atoms with Crippen LogP contribution in [0.5, 0.6) is 0 Å². The van der Waals surface area contributed by atoms with E-state index in [1.54, 1.807) is 42.5 Å². The number of amides is 2. The van der Waals surface area contributed by atoms with Crippen LogP contribution in [-0.4, -0.2) is 27.2 Å². The first-order valence-corrected chi connectivity index (χ1v) is 8.13. The Morgan fingerprint density at radius 3 is 2.40 bits per heavy atom. The predicted octanol–water partition coefficient (Wildman–Crippen LogP) is 2.80. The number of fused-ring (bicyclic) bond motifs is 1. The third kappa shape index (κ3) is 3.21. The van der Waals surface area contributed by atoms with E-state index in [0.717, 1.165) is 11.9 Å². The normalized spacial score (nSPS) is 18.8. The van der Waals surface area contributed by atoms with Gasteiger partial charge in [-0.1, -0.05) is 6.92 Å². The molecule has 1 aromatic heterocycles. The van der Waals surface area contributed by atoms with E-state index in [0.29, 0.717) is 28.4 Å². The number of hydrogen-bond acceptors (Lipinski definition) is 4. The van der Waals surface area contributed by atoms with Gasteiger partial charge in [-0.2, -0.15) is 15.4 Å². The molecule has 7 nitrogen and oxygen atoms in total. The largest absolute Gasteiger partial charge is 0.326 e. The summed E-state index contributed by atoms with van der Waals surface area (Å²) < 4.78 is 0. The molecule has 1 aliphatic carbocycles. The molecular weight excluding hydrogens is 318 g/mol. The second-order valence-corrected chi connectivity index (χ2v) is 6.37. The maximum Gasteiger partial charge on any atom is 0.255 e. The van der Waals surface area contributed by atoms with Crippen LogP contribution in [0.4, 0.5) is 11.4 Å². The van der Waals surface area contributed by atoms with Gasteiger partial charge in [0, 0.05) is 22.9 Å². The minimum atomic E-state index is -0.225. The predicted molar refractivity (Wildman–Crippen MR) is 94.2 cm³/mol. The first-order chi connectivity index (χ1) is 12.1. The Morgan fingerprint density at radius 2 is 1.68 bits per heavy atom. The molecule has 0 bridgehead atoms. The van der Waals surface area contributed by atoms with E-state index in [4.69, 9.17) is 0 Å². The highest BCUT2D eigenvalue weighted by atomic mass is 16.2. The molecule has 1 saturated carbocycles. The van der Waals surface area contributed by atoms with Crippen molar-refractivity contribution in [1.29, 1.82) is 0 Å². The monoisotopic (exact) mass is 335 g/mol. The zero-order valence-electron chi connectivity index (χ0n) is 13.6. The van der Waals surface area contributed by atoms with Crippen molar-refractivity contribution in [2.75, 3.05) is 10.6 Å². The van der Waals surface area contributed by atoms with Crippen LogP contribution in [-0.2, 0) is 4.79 Å². The maximum atomic E-state index is 12.3. The van der Waals surface area contributed by atoms with Crippen molar-refractivity contribution in [3.05, 3.63) is 48.0 Å². The van der Waals surface area contributed by atoms with E-state index >= 15 is 0 Å². The minimum Gasteiger partial charge on any atom is -0.326 e. The third-order valence-corrected chi connectivity index (χ3v) is 4.44. The average molecular weight is 335 g/mol. The fraction of sp³-hybridized carbons (Fsp3) is 0.222. The van der Waals surface area contributed by atoms with E-state index in [-0.39, 0.29) is 17.7 Å². The van der Waals surface area contributed by atoms with Crippen molar-refractivity contribution < 1.29 is 9.59 Å². The smallest absolute Gasteiger partial charge is 0.255 e. The van der Waals surface area contributed by atoms with Crippen molar-refractivity contribution in [2.24, 2.45) is 11.8 Å². The molecule has 0 unspecified atom stereocenters. The lowest BCUT2D eigenvalue weighted by molar-refractivity contribution is -0.117. The van der Waals surface area contributed by atoms with Crippen LogP contribution >= 0.6 is 0 Å². The lowest BCUT2D eigenvalue weighted by atomic mass is 10.1. The zero-order chi connectivity index (χ0) is 17.4. The molecule has 1 aliphatic rings. The van der Waals surface area contributed by atoms with E-state index in [9.17, 15) is 9.59 Å². The Bertz CT molecular complexity index is 948. The van der Waals surface area contributed by atoms with Crippen LogP contribution in [0.15, 0.2) is 42.5 Å². The topological polar surface area (TPSA) is 99.8 Å². The first kappa shape index (κ1) is 15.3. The van der Waals surface area contributed by atoms with Gasteiger partial charge in [0.15, 0.2) is 0 Å². The molecule has 3 aromatic rings. The van der Waals surface area contributed by atoms with Crippen LogP contribution in [0.2, 0.25) is 0 Å². The van der Waals surface area contributed by atoms with Gasteiger partial charge in [0.25, 0.3) is 5.91 Å². The summed E-state index contributed by atoms with van der Waals surface area (Å²) in [6.07, 6.45) is 0.947. The molecule has 4 rings (SSSR count). The van der Waals surface area contributed by atoms with Gasteiger partial charge in [-0.05, 0) is 54.8 Å². The van der Waals surface area contributed by atoms with Crippen LogP contribution in [0.3, 0.4) is 0 Å². The molecule has 0 spiro atoms. The van der Waals surface area contributed by atoms with Crippen molar-refractivity contribution in [2.45, 2.75) is 13.3 Å². The molecule has 2 atom stereocenters. The van der Waals surface area contributed by atoms with Crippen LogP contribution < -0.4 is 10.6 Å². The molecule has 0 aliphatic heterocycles. The number of aromatic amines is 1. The second kappa shape index (κ2) is 6.01. The Morgan fingerprint density at radius 1 is 1.00 bits per heavy atom. The Kier molecular flexibility index (Phi) is 3.68. The molecule has 126 valence electrons. The van der Waals surface area contributed by atoms with E-state index in [1.165, 1.54) is 0 Å². The summed E-state index contributed by atoms with van der Waals surface area (Å²) >= 11 is 0. The number of aromatic nitrogens is 3. The summed E-state index contributed by atoms with van der Waals surface area (Å²) in [6.45, 7) is 2.06. The van der Waals surface area contributed by atoms with Gasteiger partial charge in [-0.3, -0.25) is 9.59 Å². The summed E-state index contributed by atoms with van der Waals surface area (Å²) in [6, 6.07) is 12.2. The first-order valence-electron chi connectivity index (χ1n) is 8.13. The minimum absolute atomic E-state index is 0.0469. The summed E-state index contributed by atoms with van der Waals surface area (Å²) in [5, 5.41) is 16.2. The number of anilines is 2. The summed E-state index contributed by atoms with van der Waals surface area (Å²) in [7, 11) is 0. The molecule has 25 heavy (non-hydrogen) atoms. The second-order valence-electron chi connectivity index (χ2n) is 6.37. The highest BCUT2D eigenvalue weighted by Crippen LogP contribution is 2.38. The molecule has 1 fully saturated rings. The Hall–Kier alpha value is -3.22. The molecular formula is C18H17N5O2. The van der Waals surface area contributed by atoms with Crippen molar-refractivity contribution >= 4 is 34.2 Å². The fourth-order valence-electron chi connectivity index (χ4n) is 2.75. The summed E-state index contributed by atoms with van der Waals surface area (Å²) in [5.41, 5.74) is 3.28. The number of H-pyrrole nitrogens is 1. The van der Waals surface area contributed by atoms with Gasteiger partial charge >= 0.3 is 0 Å². The van der Waals surface area contributed by atoms with Crippen molar-refractivity contribution in [3.8, 4) is 0 Å². The van der Waals surface area contributed by atoms with Crippen molar-refractivity contribution in [3.63, 3.8) is 0 Å². The van der Waals surface area contributed by atoms with Gasteiger partial charge in [-0.25, -0.2) is 0 Å². The number of carbonyl (C=O) groups excluding carboxylic acids is 2. The highest BCUT2D eigenvalue weighted by Gasteiger charge is 2.39. The molecule has 1 heterocycles. The van der Waals surface area contributed by atoms with Gasteiger partial charge in [-0.15, -0.1) is 0 Å². The number of carbonyl (C=O) groups is 2. The molecule has 2 aromatic carbocycles. The van der Waals surface area contributed by atoms with Crippen LogP contribution in [0.1, 0.15) is 23.7 Å². The van der Waals surface area contributed by atoms with Gasteiger partial charge in [0.05, 0.1) is 0 Å². The molecule has 3 N–H and O–H groups in total. The summed E-state index contributed by atoms with van der Waals surface area (Å²) in [5.74, 6) is 0.406. The number of rotatable bonds is 4. The zero-order valence-corrected chi connectivity index (χ0v) is 13.6. The standard InChI is InChI=1S/C18H17N5O2/c1-10-8-14(10)18(25)19-12-4-2-11(3-5-12)17(24)20-13-6-7-15-16(9-13)22-23-21-15/h2-7,9-10,14H,8H2,1H3,(H,19,25)(H,20,24)(H,21,22,23)/t10-,14-/m1/s1. The molecule has 7 heteroatoms. The van der Waals surface area contributed by atoms with Gasteiger partial charge in [0.1, 0.15) is 11.0 Å². The average Bonchev–Trinajstić information content (AvgIpc) is 3.16. The third-order valence-electron chi connectivity index (χ3n) is 4.44. The maximum absolute atomic E-state index is 12.3. The number of hydrogen-bond donors (Lipinski definition) is 3. The van der Waals surface area contributed by atoms with E-state index in [2.05, 4.69) is 33.0 Å². The lowest BCUT2D eigenvalue weighted by Gasteiger charge is -2.07. The van der Waals surface area contributed by atoms with E-state index < -0.39 is 0 Å². The van der Waals surface area contributed by atoms with Gasteiger partial charge < -0.3 is 10.6 Å². The van der Waals surface area contributed by atoms with Gasteiger partial charge in [0.2, 0.25) is 5.91 Å². The molecule has 2 amide bonds. The Labute approximate surface area is 143 Å². The SMILES string of the molecule is C[C@@H]1C[C@H]1C(=O)Nc1ccc(C(=O)Nc2ccc3n[nH]nc3c2)cc1. The molecule has 0 saturated heterocycles. The highest BCUT2D eigenvalue weighted by molar-refractivity contribution is 6.05. The van der Waals surface area contributed by atoms with Crippen LogP contribution in [0.25, 0.3) is 11.0 Å². The molecule has 0 radical (unpaired) electrons. The van der Waals surface area contributed by atoms with Crippen LogP contribution in [0, 0.1) is 11.8 Å². The summed E-state index contributed by atoms with van der Waals surface area (Å²) in [4.78, 5) is 24.3. The lowest BCUT2D eigenvalue weighted by Crippen LogP contribution is -2.15. The number of nitrogens with one attached hydrogen (secondary N) is 3. The van der Waals surface area contributed by atoms with E-state index in [1.807, 2.05) is 0 Å². The quantitative estimate of drug-likeness (QED) is 0.682. The van der Waals surface area contributed by atoms with Crippen molar-refractivity contribution in [1.82, 2.24) is 15.4 Å². The number of nitrogens with zero attached hydrogens (tertiary/aromatic N) is 2. The number of benzene rings is 2. The Balaban J connectivity index is 1.42.